The Kier molecular flexibility index (Phi) is 4.69. The van der Waals surface area contributed by atoms with E-state index in [-0.39, 0.29) is 12.5 Å². The third kappa shape index (κ3) is 4.16. The third-order valence-corrected chi connectivity index (χ3v) is 2.73. The molecule has 108 valence electrons. The maximum Gasteiger partial charge on any atom is 0.251 e. The van der Waals surface area contributed by atoms with E-state index in [0.717, 1.165) is 11.1 Å². The summed E-state index contributed by atoms with van der Waals surface area (Å²) in [5.74, 6) is 6.11. The van der Waals surface area contributed by atoms with Gasteiger partial charge in [0, 0.05) is 18.2 Å². The summed E-state index contributed by atoms with van der Waals surface area (Å²) in [4.78, 5) is 16.2. The summed E-state index contributed by atoms with van der Waals surface area (Å²) in [6.45, 7) is 2.50. The highest BCUT2D eigenvalue weighted by atomic mass is 16.1. The van der Waals surface area contributed by atoms with Crippen molar-refractivity contribution in [2.24, 2.45) is 12.8 Å². The zero-order valence-corrected chi connectivity index (χ0v) is 12.1. The lowest BCUT2D eigenvalue weighted by Gasteiger charge is -2.05. The van der Waals surface area contributed by atoms with Gasteiger partial charge in [-0.3, -0.25) is 9.48 Å². The molecule has 2 rings (SSSR count). The fourth-order valence-electron chi connectivity index (χ4n) is 1.87. The Hall–Kier alpha value is -2.65. The Bertz CT molecular complexity index is 708. The minimum Gasteiger partial charge on any atom is -0.345 e. The molecule has 21 heavy (non-hydrogen) atoms. The van der Waals surface area contributed by atoms with Crippen molar-refractivity contribution in [3.63, 3.8) is 0 Å². The number of carbonyl (C=O) groups excluding carboxylic acids is 1. The van der Waals surface area contributed by atoms with Crippen molar-refractivity contribution >= 4 is 5.91 Å². The summed E-state index contributed by atoms with van der Waals surface area (Å²) in [5.41, 5.74) is 7.67. The van der Waals surface area contributed by atoms with Gasteiger partial charge in [-0.1, -0.05) is 11.8 Å². The van der Waals surface area contributed by atoms with Gasteiger partial charge in [0.15, 0.2) is 5.82 Å². The summed E-state index contributed by atoms with van der Waals surface area (Å²) in [6.07, 6.45) is 1.59. The van der Waals surface area contributed by atoms with Crippen LogP contribution in [0.5, 0.6) is 0 Å². The van der Waals surface area contributed by atoms with E-state index in [0.29, 0.717) is 17.9 Å². The monoisotopic (exact) mass is 283 g/mol. The van der Waals surface area contributed by atoms with E-state index in [1.54, 1.807) is 24.1 Å². The second-order valence-corrected chi connectivity index (χ2v) is 4.61. The quantitative estimate of drug-likeness (QED) is 0.797. The van der Waals surface area contributed by atoms with Gasteiger partial charge >= 0.3 is 0 Å². The molecule has 0 aliphatic rings. The molecule has 0 aliphatic carbocycles. The van der Waals surface area contributed by atoms with Crippen molar-refractivity contribution in [3.8, 4) is 11.8 Å². The van der Waals surface area contributed by atoms with Gasteiger partial charge in [-0.2, -0.15) is 5.10 Å². The molecule has 2 aromatic rings. The lowest BCUT2D eigenvalue weighted by Crippen LogP contribution is -2.23. The summed E-state index contributed by atoms with van der Waals surface area (Å²) < 4.78 is 1.59. The Labute approximate surface area is 123 Å². The van der Waals surface area contributed by atoms with E-state index in [4.69, 9.17) is 5.73 Å². The van der Waals surface area contributed by atoms with Gasteiger partial charge in [0.05, 0.1) is 13.1 Å². The van der Waals surface area contributed by atoms with E-state index in [1.165, 1.54) is 0 Å². The summed E-state index contributed by atoms with van der Waals surface area (Å²) in [5, 5.41) is 6.90. The smallest absolute Gasteiger partial charge is 0.251 e. The number of amides is 1. The molecule has 6 heteroatoms. The molecule has 0 saturated carbocycles. The number of nitrogens with two attached hydrogens (primary N) is 1. The van der Waals surface area contributed by atoms with Gasteiger partial charge in [-0.05, 0) is 30.7 Å². The Balaban J connectivity index is 2.09. The number of nitrogens with zero attached hydrogens (tertiary/aromatic N) is 3. The molecule has 0 fully saturated rings. The minimum atomic E-state index is -0.179. The third-order valence-electron chi connectivity index (χ3n) is 2.73. The van der Waals surface area contributed by atoms with Crippen molar-refractivity contribution in [3.05, 3.63) is 47.0 Å². The van der Waals surface area contributed by atoms with Crippen molar-refractivity contribution in [2.45, 2.75) is 13.5 Å². The van der Waals surface area contributed by atoms with Gasteiger partial charge in [0.1, 0.15) is 6.33 Å². The Morgan fingerprint density at radius 1 is 1.43 bits per heavy atom. The fourth-order valence-corrected chi connectivity index (χ4v) is 1.87. The number of hydrogen-bond acceptors (Lipinski definition) is 4. The van der Waals surface area contributed by atoms with Crippen molar-refractivity contribution in [1.82, 2.24) is 20.1 Å². The standard InChI is InChI=1S/C15H17N5O/c1-11-6-12(4-3-5-16)8-13(7-11)15(21)17-9-14-18-10-20(2)19-14/h6-8,10H,5,9,16H2,1-2H3,(H,17,21). The minimum absolute atomic E-state index is 0.179. The molecular formula is C15H17N5O. The molecule has 1 heterocycles. The Morgan fingerprint density at radius 3 is 2.90 bits per heavy atom. The molecular weight excluding hydrogens is 266 g/mol. The van der Waals surface area contributed by atoms with Crippen LogP contribution in [0.25, 0.3) is 0 Å². The summed E-state index contributed by atoms with van der Waals surface area (Å²) in [7, 11) is 1.78. The van der Waals surface area contributed by atoms with Gasteiger partial charge in [-0.25, -0.2) is 4.98 Å². The molecule has 6 nitrogen and oxygen atoms in total. The van der Waals surface area contributed by atoms with Crippen LogP contribution in [0, 0.1) is 18.8 Å². The molecule has 1 aromatic carbocycles. The first-order valence-corrected chi connectivity index (χ1v) is 6.52. The Morgan fingerprint density at radius 2 is 2.24 bits per heavy atom. The fraction of sp³-hybridized carbons (Fsp3) is 0.267. The van der Waals surface area contributed by atoms with Crippen LogP contribution in [0.15, 0.2) is 24.5 Å². The van der Waals surface area contributed by atoms with E-state index >= 15 is 0 Å². The van der Waals surface area contributed by atoms with Crippen LogP contribution in [0.2, 0.25) is 0 Å². The molecule has 1 amide bonds. The molecule has 3 N–H and O–H groups in total. The lowest BCUT2D eigenvalue weighted by molar-refractivity contribution is 0.0949. The lowest BCUT2D eigenvalue weighted by atomic mass is 10.1. The zero-order valence-electron chi connectivity index (χ0n) is 12.1. The van der Waals surface area contributed by atoms with Crippen LogP contribution in [-0.2, 0) is 13.6 Å². The molecule has 0 atom stereocenters. The first kappa shape index (κ1) is 14.8. The van der Waals surface area contributed by atoms with Crippen molar-refractivity contribution in [2.75, 3.05) is 6.54 Å². The first-order valence-electron chi connectivity index (χ1n) is 6.52. The highest BCUT2D eigenvalue weighted by Gasteiger charge is 2.08. The summed E-state index contributed by atoms with van der Waals surface area (Å²) >= 11 is 0. The van der Waals surface area contributed by atoms with Crippen molar-refractivity contribution < 1.29 is 4.79 Å². The van der Waals surface area contributed by atoms with Crippen LogP contribution < -0.4 is 11.1 Å². The normalized spacial score (nSPS) is 9.86. The molecule has 0 bridgehead atoms. The molecule has 1 aromatic heterocycles. The van der Waals surface area contributed by atoms with Gasteiger partial charge in [0.25, 0.3) is 5.91 Å². The second kappa shape index (κ2) is 6.68. The maximum absolute atomic E-state index is 12.2. The van der Waals surface area contributed by atoms with Gasteiger partial charge < -0.3 is 11.1 Å². The van der Waals surface area contributed by atoms with Crippen molar-refractivity contribution in [1.29, 1.82) is 0 Å². The topological polar surface area (TPSA) is 85.8 Å². The molecule has 0 spiro atoms. The van der Waals surface area contributed by atoms with E-state index in [2.05, 4.69) is 27.2 Å². The maximum atomic E-state index is 12.2. The number of aromatic nitrogens is 3. The molecule has 0 saturated heterocycles. The van der Waals surface area contributed by atoms with Gasteiger partial charge in [0.2, 0.25) is 0 Å². The zero-order chi connectivity index (χ0) is 15.2. The molecule has 0 unspecified atom stereocenters. The number of benzene rings is 1. The van der Waals surface area contributed by atoms with Crippen LogP contribution in [0.4, 0.5) is 0 Å². The largest absolute Gasteiger partial charge is 0.345 e. The average molecular weight is 283 g/mol. The molecule has 0 aliphatic heterocycles. The second-order valence-electron chi connectivity index (χ2n) is 4.61. The van der Waals surface area contributed by atoms with E-state index < -0.39 is 0 Å². The van der Waals surface area contributed by atoms with E-state index in [9.17, 15) is 4.79 Å². The van der Waals surface area contributed by atoms with Gasteiger partial charge in [-0.15, -0.1) is 0 Å². The van der Waals surface area contributed by atoms with Crippen LogP contribution in [0.3, 0.4) is 0 Å². The number of carbonyl (C=O) groups is 1. The predicted molar refractivity (Wildman–Crippen MR) is 79.3 cm³/mol. The van der Waals surface area contributed by atoms with Crippen LogP contribution in [-0.4, -0.2) is 27.2 Å². The SMILES string of the molecule is Cc1cc(C#CCN)cc(C(=O)NCc2ncn(C)n2)c1. The number of rotatable bonds is 3. The number of hydrogen-bond donors (Lipinski definition) is 2. The number of nitrogens with one attached hydrogen (secondary N) is 1. The molecule has 0 radical (unpaired) electrons. The highest BCUT2D eigenvalue weighted by Crippen LogP contribution is 2.09. The number of aryl methyl sites for hydroxylation is 2. The predicted octanol–water partition coefficient (Wildman–Crippen LogP) is 0.364. The van der Waals surface area contributed by atoms with E-state index in [1.807, 2.05) is 19.1 Å². The van der Waals surface area contributed by atoms with Crippen LogP contribution >= 0.6 is 0 Å². The first-order chi connectivity index (χ1) is 10.1. The highest BCUT2D eigenvalue weighted by molar-refractivity contribution is 5.94. The van der Waals surface area contributed by atoms with Crippen LogP contribution in [0.1, 0.15) is 27.3 Å². The summed E-state index contributed by atoms with van der Waals surface area (Å²) in [6, 6.07) is 5.48. The average Bonchev–Trinajstić information content (AvgIpc) is 2.87.